The molecular formula is C54H61F3N10O5. The lowest BCUT2D eigenvalue weighted by atomic mass is 9.87. The number of nitrogens with one attached hydrogen (secondary N) is 2. The largest absolute Gasteiger partial charge is 0.386 e. The Hall–Kier alpha value is -6.37. The monoisotopic (exact) mass is 986 g/mol. The van der Waals surface area contributed by atoms with E-state index in [1.54, 1.807) is 29.1 Å². The highest BCUT2D eigenvalue weighted by molar-refractivity contribution is 6.15. The van der Waals surface area contributed by atoms with E-state index in [1.165, 1.54) is 29.0 Å². The van der Waals surface area contributed by atoms with Gasteiger partial charge in [-0.2, -0.15) is 4.39 Å². The Morgan fingerprint density at radius 1 is 0.847 bits per heavy atom. The normalized spacial score (nSPS) is 22.3. The molecule has 1 saturated carbocycles. The first-order valence-corrected chi connectivity index (χ1v) is 25.5. The maximum atomic E-state index is 15.9. The summed E-state index contributed by atoms with van der Waals surface area (Å²) in [5, 5.41) is 5.81. The Morgan fingerprint density at radius 3 is 2.29 bits per heavy atom. The van der Waals surface area contributed by atoms with Crippen LogP contribution in [-0.4, -0.2) is 129 Å². The first kappa shape index (κ1) is 47.9. The number of piperidine rings is 3. The van der Waals surface area contributed by atoms with E-state index in [9.17, 15) is 28.4 Å². The number of amides is 4. The zero-order valence-corrected chi connectivity index (χ0v) is 41.1. The Bertz CT molecular complexity index is 3040. The molecule has 2 atom stereocenters. The molecular weight excluding hydrogens is 926 g/mol. The van der Waals surface area contributed by atoms with Gasteiger partial charge in [0.05, 0.1) is 16.8 Å². The van der Waals surface area contributed by atoms with Crippen LogP contribution in [0.3, 0.4) is 0 Å². The average molecular weight is 987 g/mol. The van der Waals surface area contributed by atoms with E-state index in [2.05, 4.69) is 49.4 Å². The van der Waals surface area contributed by atoms with Crippen molar-refractivity contribution in [2.75, 3.05) is 69.6 Å². The third kappa shape index (κ3) is 8.57. The van der Waals surface area contributed by atoms with Crippen molar-refractivity contribution in [3.63, 3.8) is 0 Å². The minimum Gasteiger partial charge on any atom is -0.386 e. The second-order valence-electron chi connectivity index (χ2n) is 21.0. The number of aromatic nitrogens is 3. The van der Waals surface area contributed by atoms with Crippen LogP contribution in [0.1, 0.15) is 97.0 Å². The topological polar surface area (TPSA) is 148 Å². The van der Waals surface area contributed by atoms with Gasteiger partial charge >= 0.3 is 0 Å². The van der Waals surface area contributed by atoms with Gasteiger partial charge in [-0.1, -0.05) is 12.1 Å². The Morgan fingerprint density at radius 2 is 1.60 bits per heavy atom. The van der Waals surface area contributed by atoms with Crippen molar-refractivity contribution in [2.24, 2.45) is 13.0 Å². The molecule has 378 valence electrons. The van der Waals surface area contributed by atoms with Crippen LogP contribution in [0.4, 0.5) is 24.5 Å². The third-order valence-corrected chi connectivity index (χ3v) is 16.7. The molecule has 72 heavy (non-hydrogen) atoms. The molecule has 5 fully saturated rings. The highest BCUT2D eigenvalue weighted by atomic mass is 19.1. The van der Waals surface area contributed by atoms with Crippen molar-refractivity contribution in [2.45, 2.75) is 94.8 Å². The number of likely N-dealkylation sites (tertiary alicyclic amines) is 2. The van der Waals surface area contributed by atoms with Gasteiger partial charge in [0.2, 0.25) is 23.5 Å². The smallest absolute Gasteiger partial charge is 0.293 e. The average Bonchev–Trinajstić information content (AvgIpc) is 4.07. The fraction of sp³-hybridized carbons (Fsp3) is 0.481. The molecule has 4 saturated heterocycles. The summed E-state index contributed by atoms with van der Waals surface area (Å²) in [6, 6.07) is 13.4. The van der Waals surface area contributed by atoms with Crippen LogP contribution in [0.5, 0.6) is 0 Å². The van der Waals surface area contributed by atoms with Gasteiger partial charge in [0.15, 0.2) is 0 Å². The molecule has 1 spiro atoms. The van der Waals surface area contributed by atoms with Crippen molar-refractivity contribution in [1.82, 2.24) is 39.0 Å². The predicted octanol–water partition coefficient (Wildman–Crippen LogP) is 5.80. The summed E-state index contributed by atoms with van der Waals surface area (Å²) in [5.41, 5.74) is 3.91. The number of hydrogen-bond donors (Lipinski definition) is 2. The van der Waals surface area contributed by atoms with Gasteiger partial charge in [0, 0.05) is 119 Å². The summed E-state index contributed by atoms with van der Waals surface area (Å²) in [5.74, 6) is -3.25. The minimum atomic E-state index is -0.870. The number of carbonyl (C=O) groups is 4. The lowest BCUT2D eigenvalue weighted by molar-refractivity contribution is -0.135. The molecule has 1 aliphatic carbocycles. The molecule has 6 aliphatic rings. The summed E-state index contributed by atoms with van der Waals surface area (Å²) >= 11 is 0. The van der Waals surface area contributed by atoms with Gasteiger partial charge in [-0.25, -0.2) is 13.8 Å². The second-order valence-corrected chi connectivity index (χ2v) is 21.0. The van der Waals surface area contributed by atoms with E-state index in [1.807, 2.05) is 23.7 Å². The summed E-state index contributed by atoms with van der Waals surface area (Å²) in [6.07, 6.45) is 7.92. The van der Waals surface area contributed by atoms with Crippen LogP contribution in [-0.2, 0) is 39.9 Å². The zero-order valence-electron chi connectivity index (χ0n) is 41.1. The molecule has 4 amide bonds. The second kappa shape index (κ2) is 18.9. The number of piperazine rings is 1. The molecule has 8 heterocycles. The third-order valence-electron chi connectivity index (χ3n) is 16.7. The number of rotatable bonds is 11. The highest BCUT2D eigenvalue weighted by Gasteiger charge is 2.61. The first-order valence-electron chi connectivity index (χ1n) is 25.5. The van der Waals surface area contributed by atoms with E-state index in [-0.39, 0.29) is 46.9 Å². The molecule has 3 aromatic heterocycles. The summed E-state index contributed by atoms with van der Waals surface area (Å²) < 4.78 is 49.8. The standard InChI is InChI=1S/C54H61F3N10O5/c1-32-28-63(29-34-4-5-44-39(24-34)54(14-15-54)53(72)67(44)45-6-7-46(68)60-50(45)69)22-23-65(32)30-33-9-19-64(20-10-33)51(70)36-25-40(55)47(41(56)26-36)35-11-17-62(18-12-35)31-37-27-38-43(8-16-59-49(38)61(37)3)66-21-13-42(58-2)48(57)52(66)71/h4-5,8,13,16,21,24-27,32-33,35,45,58H,6-7,9-12,14-15,17-20,22-23,28-31H2,1-3H3,(H,60,68,69)/t32-,45?/m0/s1. The van der Waals surface area contributed by atoms with E-state index in [0.29, 0.717) is 80.7 Å². The van der Waals surface area contributed by atoms with Crippen LogP contribution < -0.4 is 21.1 Å². The molecule has 5 aliphatic heterocycles. The number of hydrogen-bond acceptors (Lipinski definition) is 10. The van der Waals surface area contributed by atoms with Gasteiger partial charge in [-0.05, 0) is 124 Å². The fourth-order valence-electron chi connectivity index (χ4n) is 12.4. The molecule has 0 radical (unpaired) electrons. The van der Waals surface area contributed by atoms with Gasteiger partial charge < -0.3 is 14.8 Å². The number of anilines is 2. The zero-order chi connectivity index (χ0) is 50.2. The molecule has 11 rings (SSSR count). The van der Waals surface area contributed by atoms with Gasteiger partial charge in [0.1, 0.15) is 23.3 Å². The molecule has 5 aromatic rings. The van der Waals surface area contributed by atoms with E-state index < -0.39 is 40.4 Å². The van der Waals surface area contributed by atoms with Gasteiger partial charge in [-0.15, -0.1) is 0 Å². The molecule has 2 N–H and O–H groups in total. The lowest BCUT2D eigenvalue weighted by Gasteiger charge is -2.42. The van der Waals surface area contributed by atoms with Gasteiger partial charge in [-0.3, -0.25) is 53.5 Å². The maximum Gasteiger partial charge on any atom is 0.293 e. The Kier molecular flexibility index (Phi) is 12.6. The van der Waals surface area contributed by atoms with Crippen molar-refractivity contribution >= 4 is 46.0 Å². The van der Waals surface area contributed by atoms with Crippen LogP contribution in [0.15, 0.2) is 65.7 Å². The number of pyridine rings is 2. The van der Waals surface area contributed by atoms with Crippen molar-refractivity contribution < 1.29 is 32.3 Å². The van der Waals surface area contributed by atoms with Crippen molar-refractivity contribution in [1.29, 1.82) is 0 Å². The summed E-state index contributed by atoms with van der Waals surface area (Å²) in [6.45, 7) is 9.42. The Balaban J connectivity index is 0.654. The van der Waals surface area contributed by atoms with E-state index >= 15 is 8.78 Å². The highest BCUT2D eigenvalue weighted by Crippen LogP contribution is 2.58. The first-order chi connectivity index (χ1) is 34.7. The fourth-order valence-corrected chi connectivity index (χ4v) is 12.4. The number of imide groups is 1. The van der Waals surface area contributed by atoms with E-state index in [0.717, 1.165) is 80.9 Å². The molecule has 18 heteroatoms. The lowest BCUT2D eigenvalue weighted by Crippen LogP contribution is -2.54. The summed E-state index contributed by atoms with van der Waals surface area (Å²) in [7, 11) is 3.45. The molecule has 0 bridgehead atoms. The maximum absolute atomic E-state index is 15.9. The quantitative estimate of drug-likeness (QED) is 0.156. The number of benzene rings is 2. The van der Waals surface area contributed by atoms with Crippen LogP contribution in [0.25, 0.3) is 16.7 Å². The number of aryl methyl sites for hydroxylation is 1. The molecule has 15 nitrogen and oxygen atoms in total. The number of halogens is 3. The van der Waals surface area contributed by atoms with Crippen molar-refractivity contribution in [3.05, 3.63) is 117 Å². The number of carbonyl (C=O) groups excluding carboxylic acids is 4. The molecule has 2 aromatic carbocycles. The van der Waals surface area contributed by atoms with E-state index in [4.69, 9.17) is 0 Å². The van der Waals surface area contributed by atoms with Crippen LogP contribution >= 0.6 is 0 Å². The van der Waals surface area contributed by atoms with Crippen LogP contribution in [0, 0.1) is 23.4 Å². The SMILES string of the molecule is CNc1ccn(-c2ccnc3c2cc(CN2CCC(c4c(F)cc(C(=O)N5CCC(CN6CCN(Cc7ccc8c(c7)C7(CC7)C(=O)N8C7CCC(=O)NC7=O)C[C@@H]6C)CC5)cc4F)CC2)n3C)c(=O)c1F. The van der Waals surface area contributed by atoms with Crippen molar-refractivity contribution in [3.8, 4) is 5.69 Å². The number of nitrogens with zero attached hydrogens (tertiary/aromatic N) is 8. The Labute approximate surface area is 415 Å². The minimum absolute atomic E-state index is 0.0239. The summed E-state index contributed by atoms with van der Waals surface area (Å²) in [4.78, 5) is 80.1. The predicted molar refractivity (Wildman–Crippen MR) is 265 cm³/mol. The van der Waals surface area contributed by atoms with Gasteiger partial charge in [0.25, 0.3) is 11.5 Å². The molecule has 1 unspecified atom stereocenters. The number of fused-ring (bicyclic) bond motifs is 3. The van der Waals surface area contributed by atoms with Crippen LogP contribution in [0.2, 0.25) is 0 Å².